The summed E-state index contributed by atoms with van der Waals surface area (Å²) >= 11 is 0. The molecule has 1 amide bonds. The molecule has 0 aromatic carbocycles. The molecule has 1 atom stereocenters. The fraction of sp³-hybridized carbons (Fsp3) is 0.750. The number of esters is 1. The predicted molar refractivity (Wildman–Crippen MR) is 49.3 cm³/mol. The number of methoxy groups -OCH3 is 1. The third-order valence-corrected chi connectivity index (χ3v) is 1.57. The zero-order valence-corrected chi connectivity index (χ0v) is 8.16. The van der Waals surface area contributed by atoms with Gasteiger partial charge in [0.05, 0.1) is 13.7 Å². The Morgan fingerprint density at radius 3 is 2.71 bits per heavy atom. The lowest BCUT2D eigenvalue weighted by molar-refractivity contribution is -0.150. The normalized spacial score (nSPS) is 11.9. The standard InChI is InChI=1S/C8H16N2O4/c1-14-8(13)6(11)5-10-7(12)3-2-4-9/h6,11H,2-5,9H2,1H3,(H,10,12). The first kappa shape index (κ1) is 12.9. The molecular formula is C8H16N2O4. The minimum absolute atomic E-state index is 0.129. The first-order valence-corrected chi connectivity index (χ1v) is 4.34. The van der Waals surface area contributed by atoms with Crippen molar-refractivity contribution >= 4 is 11.9 Å². The number of rotatable bonds is 6. The zero-order chi connectivity index (χ0) is 11.0. The summed E-state index contributed by atoms with van der Waals surface area (Å²) in [5.41, 5.74) is 5.20. The van der Waals surface area contributed by atoms with Crippen molar-refractivity contribution in [3.8, 4) is 0 Å². The molecule has 0 aromatic heterocycles. The van der Waals surface area contributed by atoms with Crippen LogP contribution in [0.2, 0.25) is 0 Å². The van der Waals surface area contributed by atoms with Crippen molar-refractivity contribution in [3.05, 3.63) is 0 Å². The third-order valence-electron chi connectivity index (χ3n) is 1.57. The van der Waals surface area contributed by atoms with Gasteiger partial charge in [-0.25, -0.2) is 4.79 Å². The van der Waals surface area contributed by atoms with E-state index in [9.17, 15) is 9.59 Å². The Morgan fingerprint density at radius 1 is 1.57 bits per heavy atom. The number of hydrogen-bond acceptors (Lipinski definition) is 5. The second-order valence-corrected chi connectivity index (χ2v) is 2.74. The SMILES string of the molecule is COC(=O)C(O)CNC(=O)CCCN. The molecule has 0 saturated carbocycles. The number of amides is 1. The molecule has 0 rings (SSSR count). The summed E-state index contributed by atoms with van der Waals surface area (Å²) in [6.07, 6.45) is -0.424. The summed E-state index contributed by atoms with van der Waals surface area (Å²) in [6, 6.07) is 0. The monoisotopic (exact) mass is 204 g/mol. The van der Waals surface area contributed by atoms with Crippen LogP contribution in [0.15, 0.2) is 0 Å². The highest BCUT2D eigenvalue weighted by Gasteiger charge is 2.15. The summed E-state index contributed by atoms with van der Waals surface area (Å²) in [4.78, 5) is 21.7. The van der Waals surface area contributed by atoms with Crippen molar-refractivity contribution in [2.45, 2.75) is 18.9 Å². The van der Waals surface area contributed by atoms with Crippen molar-refractivity contribution < 1.29 is 19.4 Å². The van der Waals surface area contributed by atoms with E-state index in [-0.39, 0.29) is 12.5 Å². The van der Waals surface area contributed by atoms with Gasteiger partial charge in [-0.15, -0.1) is 0 Å². The number of aliphatic hydroxyl groups excluding tert-OH is 1. The number of hydrogen-bond donors (Lipinski definition) is 3. The molecular weight excluding hydrogens is 188 g/mol. The van der Waals surface area contributed by atoms with Crippen molar-refractivity contribution in [1.29, 1.82) is 0 Å². The Balaban J connectivity index is 3.60. The number of nitrogens with one attached hydrogen (secondary N) is 1. The maximum Gasteiger partial charge on any atom is 0.336 e. The highest BCUT2D eigenvalue weighted by atomic mass is 16.5. The van der Waals surface area contributed by atoms with Crippen LogP contribution in [-0.2, 0) is 14.3 Å². The molecule has 1 unspecified atom stereocenters. The van der Waals surface area contributed by atoms with Crippen molar-refractivity contribution in [1.82, 2.24) is 5.32 Å². The van der Waals surface area contributed by atoms with Gasteiger partial charge < -0.3 is 20.9 Å². The van der Waals surface area contributed by atoms with Crippen LogP contribution in [0.5, 0.6) is 0 Å². The lowest BCUT2D eigenvalue weighted by atomic mass is 10.3. The number of nitrogens with two attached hydrogens (primary N) is 1. The summed E-state index contributed by atoms with van der Waals surface area (Å²) in [6.45, 7) is 0.309. The number of carbonyl (C=O) groups excluding carboxylic acids is 2. The van der Waals surface area contributed by atoms with E-state index in [2.05, 4.69) is 10.1 Å². The van der Waals surface area contributed by atoms with E-state index in [0.29, 0.717) is 19.4 Å². The van der Waals surface area contributed by atoms with E-state index in [4.69, 9.17) is 10.8 Å². The van der Waals surface area contributed by atoms with Gasteiger partial charge in [0.25, 0.3) is 0 Å². The summed E-state index contributed by atoms with van der Waals surface area (Å²) in [7, 11) is 1.17. The van der Waals surface area contributed by atoms with Crippen LogP contribution in [0.3, 0.4) is 0 Å². The van der Waals surface area contributed by atoms with Crippen molar-refractivity contribution in [2.24, 2.45) is 5.73 Å². The average Bonchev–Trinajstić information content (AvgIpc) is 2.21. The molecule has 0 saturated heterocycles. The van der Waals surface area contributed by atoms with E-state index in [1.54, 1.807) is 0 Å². The summed E-state index contributed by atoms with van der Waals surface area (Å²) in [5, 5.41) is 11.5. The van der Waals surface area contributed by atoms with Gasteiger partial charge in [-0.2, -0.15) is 0 Å². The number of carbonyl (C=O) groups is 2. The molecule has 0 bridgehead atoms. The van der Waals surface area contributed by atoms with Gasteiger partial charge in [0.1, 0.15) is 0 Å². The van der Waals surface area contributed by atoms with Crippen LogP contribution >= 0.6 is 0 Å². The minimum Gasteiger partial charge on any atom is -0.467 e. The van der Waals surface area contributed by atoms with E-state index < -0.39 is 12.1 Å². The topological polar surface area (TPSA) is 102 Å². The Labute approximate surface area is 82.4 Å². The van der Waals surface area contributed by atoms with Crippen LogP contribution in [0.1, 0.15) is 12.8 Å². The Morgan fingerprint density at radius 2 is 2.21 bits per heavy atom. The van der Waals surface area contributed by atoms with Crippen LogP contribution in [-0.4, -0.2) is 43.3 Å². The highest BCUT2D eigenvalue weighted by molar-refractivity contribution is 5.78. The van der Waals surface area contributed by atoms with Crippen molar-refractivity contribution in [2.75, 3.05) is 20.2 Å². The second-order valence-electron chi connectivity index (χ2n) is 2.74. The molecule has 0 aliphatic heterocycles. The smallest absolute Gasteiger partial charge is 0.336 e. The third kappa shape index (κ3) is 5.50. The van der Waals surface area contributed by atoms with Gasteiger partial charge in [0, 0.05) is 6.42 Å². The van der Waals surface area contributed by atoms with Crippen molar-refractivity contribution in [3.63, 3.8) is 0 Å². The molecule has 82 valence electrons. The fourth-order valence-corrected chi connectivity index (χ4v) is 0.781. The Bertz CT molecular complexity index is 196. The maximum absolute atomic E-state index is 11.0. The fourth-order valence-electron chi connectivity index (χ4n) is 0.781. The summed E-state index contributed by atoms with van der Waals surface area (Å²) in [5.74, 6) is -0.998. The van der Waals surface area contributed by atoms with Crippen LogP contribution < -0.4 is 11.1 Å². The average molecular weight is 204 g/mol. The van der Waals surface area contributed by atoms with E-state index in [0.717, 1.165) is 0 Å². The Kier molecular flexibility index (Phi) is 6.69. The molecule has 0 aliphatic rings. The minimum atomic E-state index is -1.30. The molecule has 0 spiro atoms. The molecule has 0 aromatic rings. The van der Waals surface area contributed by atoms with Crippen LogP contribution in [0.25, 0.3) is 0 Å². The molecule has 0 radical (unpaired) electrons. The van der Waals surface area contributed by atoms with Gasteiger partial charge in [0.15, 0.2) is 6.10 Å². The highest BCUT2D eigenvalue weighted by Crippen LogP contribution is 1.88. The second kappa shape index (κ2) is 7.28. The van der Waals surface area contributed by atoms with E-state index in [1.807, 2.05) is 0 Å². The molecule has 6 nitrogen and oxygen atoms in total. The lowest BCUT2D eigenvalue weighted by Gasteiger charge is -2.09. The van der Waals surface area contributed by atoms with E-state index in [1.165, 1.54) is 7.11 Å². The predicted octanol–water partition coefficient (Wildman–Crippen LogP) is -1.62. The van der Waals surface area contributed by atoms with Crippen LogP contribution in [0.4, 0.5) is 0 Å². The molecule has 0 aliphatic carbocycles. The van der Waals surface area contributed by atoms with Gasteiger partial charge in [-0.1, -0.05) is 0 Å². The van der Waals surface area contributed by atoms with Crippen LogP contribution in [0, 0.1) is 0 Å². The number of aliphatic hydroxyl groups is 1. The quantitative estimate of drug-likeness (QED) is 0.451. The van der Waals surface area contributed by atoms with Gasteiger partial charge >= 0.3 is 5.97 Å². The molecule has 4 N–H and O–H groups in total. The largest absolute Gasteiger partial charge is 0.467 e. The number of ether oxygens (including phenoxy) is 1. The maximum atomic E-state index is 11.0. The molecule has 6 heteroatoms. The molecule has 0 heterocycles. The Hall–Kier alpha value is -1.14. The first-order valence-electron chi connectivity index (χ1n) is 4.34. The van der Waals surface area contributed by atoms with Gasteiger partial charge in [0.2, 0.25) is 5.91 Å². The van der Waals surface area contributed by atoms with E-state index >= 15 is 0 Å². The van der Waals surface area contributed by atoms with Gasteiger partial charge in [-0.05, 0) is 13.0 Å². The zero-order valence-electron chi connectivity index (χ0n) is 8.16. The molecule has 0 fully saturated rings. The lowest BCUT2D eigenvalue weighted by Crippen LogP contribution is -2.37. The first-order chi connectivity index (χ1) is 6.61. The van der Waals surface area contributed by atoms with Gasteiger partial charge in [-0.3, -0.25) is 4.79 Å². The molecule has 14 heavy (non-hydrogen) atoms. The summed E-state index contributed by atoms with van der Waals surface area (Å²) < 4.78 is 4.27.